The summed E-state index contributed by atoms with van der Waals surface area (Å²) < 4.78 is 38.3. The van der Waals surface area contributed by atoms with E-state index in [1.807, 2.05) is 25.1 Å². The molecule has 3 rings (SSSR count). The number of nitrogens with one attached hydrogen (secondary N) is 1. The second-order valence-corrected chi connectivity index (χ2v) is 8.13. The van der Waals surface area contributed by atoms with E-state index >= 15 is 0 Å². The number of carbonyl (C=O) groups excluding carboxylic acids is 1. The largest absolute Gasteiger partial charge is 0.465 e. The van der Waals surface area contributed by atoms with Crippen molar-refractivity contribution in [1.29, 1.82) is 0 Å². The number of ether oxygens (including phenoxy) is 2. The highest BCUT2D eigenvalue weighted by Crippen LogP contribution is 2.25. The average Bonchev–Trinajstić information content (AvgIpc) is 2.73. The van der Waals surface area contributed by atoms with Crippen molar-refractivity contribution in [2.75, 3.05) is 7.11 Å². The Morgan fingerprint density at radius 3 is 2.28 bits per heavy atom. The highest BCUT2D eigenvalue weighted by Gasteiger charge is 2.18. The van der Waals surface area contributed by atoms with Crippen molar-refractivity contribution in [3.8, 4) is 11.5 Å². The Kier molecular flexibility index (Phi) is 6.31. The van der Waals surface area contributed by atoms with Crippen LogP contribution in [0.2, 0.25) is 0 Å². The second kappa shape index (κ2) is 8.89. The maximum atomic E-state index is 12.6. The molecule has 0 bridgehead atoms. The van der Waals surface area contributed by atoms with Crippen LogP contribution in [0.5, 0.6) is 11.5 Å². The van der Waals surface area contributed by atoms with Crippen molar-refractivity contribution in [1.82, 2.24) is 4.72 Å². The van der Waals surface area contributed by atoms with Crippen LogP contribution < -0.4 is 9.46 Å². The summed E-state index contributed by atoms with van der Waals surface area (Å²) in [7, 11) is -2.46. The van der Waals surface area contributed by atoms with Gasteiger partial charge in [-0.1, -0.05) is 35.9 Å². The van der Waals surface area contributed by atoms with E-state index in [1.165, 1.54) is 19.2 Å². The number of aryl methyl sites for hydroxylation is 1. The number of para-hydroxylation sites is 1. The first kappa shape index (κ1) is 20.6. The maximum Gasteiger partial charge on any atom is 0.338 e. The van der Waals surface area contributed by atoms with E-state index in [0.29, 0.717) is 17.1 Å². The topological polar surface area (TPSA) is 81.7 Å². The number of methoxy groups -OCH3 is 1. The van der Waals surface area contributed by atoms with E-state index in [4.69, 9.17) is 9.47 Å². The van der Waals surface area contributed by atoms with Crippen molar-refractivity contribution in [2.45, 2.75) is 18.4 Å². The number of hydrogen-bond acceptors (Lipinski definition) is 5. The molecule has 0 atom stereocenters. The highest BCUT2D eigenvalue weighted by atomic mass is 32.2. The van der Waals surface area contributed by atoms with Gasteiger partial charge < -0.3 is 9.47 Å². The first-order valence-corrected chi connectivity index (χ1v) is 10.4. The van der Waals surface area contributed by atoms with Gasteiger partial charge in [-0.2, -0.15) is 0 Å². The van der Waals surface area contributed by atoms with Gasteiger partial charge in [0.2, 0.25) is 10.0 Å². The first-order valence-electron chi connectivity index (χ1n) is 8.89. The Hall–Kier alpha value is -3.16. The Morgan fingerprint density at radius 1 is 0.931 bits per heavy atom. The predicted octanol–water partition coefficient (Wildman–Crippen LogP) is 4.05. The monoisotopic (exact) mass is 411 g/mol. The molecule has 6 nitrogen and oxygen atoms in total. The molecule has 0 aliphatic rings. The van der Waals surface area contributed by atoms with Gasteiger partial charge in [0.1, 0.15) is 11.5 Å². The smallest absolute Gasteiger partial charge is 0.338 e. The quantitative estimate of drug-likeness (QED) is 0.593. The van der Waals surface area contributed by atoms with Crippen molar-refractivity contribution < 1.29 is 22.7 Å². The van der Waals surface area contributed by atoms with Crippen LogP contribution in [0.4, 0.5) is 0 Å². The third-order valence-electron chi connectivity index (χ3n) is 4.24. The molecule has 1 N–H and O–H groups in total. The minimum atomic E-state index is -3.74. The molecule has 150 valence electrons. The second-order valence-electron chi connectivity index (χ2n) is 6.36. The van der Waals surface area contributed by atoms with E-state index in [-0.39, 0.29) is 17.0 Å². The molecule has 0 saturated heterocycles. The fraction of sp³-hybridized carbons (Fsp3) is 0.136. The lowest BCUT2D eigenvalue weighted by Gasteiger charge is -2.13. The lowest BCUT2D eigenvalue weighted by molar-refractivity contribution is 0.0599. The molecule has 0 amide bonds. The zero-order valence-electron chi connectivity index (χ0n) is 16.1. The van der Waals surface area contributed by atoms with Crippen molar-refractivity contribution >= 4 is 16.0 Å². The predicted molar refractivity (Wildman–Crippen MR) is 110 cm³/mol. The first-order chi connectivity index (χ1) is 13.9. The molecule has 0 heterocycles. The molecule has 0 fully saturated rings. The molecule has 0 radical (unpaired) electrons. The molecule has 29 heavy (non-hydrogen) atoms. The van der Waals surface area contributed by atoms with Crippen LogP contribution in [0.25, 0.3) is 0 Å². The number of hydrogen-bond donors (Lipinski definition) is 1. The minimum absolute atomic E-state index is 0.0906. The van der Waals surface area contributed by atoms with Gasteiger partial charge in [-0.05, 0) is 55.0 Å². The van der Waals surface area contributed by atoms with Gasteiger partial charge in [0.05, 0.1) is 17.6 Å². The normalized spacial score (nSPS) is 11.1. The van der Waals surface area contributed by atoms with E-state index in [0.717, 1.165) is 5.56 Å². The van der Waals surface area contributed by atoms with Crippen molar-refractivity contribution in [2.24, 2.45) is 0 Å². The molecule has 3 aromatic carbocycles. The van der Waals surface area contributed by atoms with E-state index < -0.39 is 16.0 Å². The van der Waals surface area contributed by atoms with Gasteiger partial charge in [0, 0.05) is 6.54 Å². The number of benzene rings is 3. The van der Waals surface area contributed by atoms with Crippen LogP contribution in [0.3, 0.4) is 0 Å². The number of esters is 1. The van der Waals surface area contributed by atoms with Gasteiger partial charge >= 0.3 is 5.97 Å². The van der Waals surface area contributed by atoms with Crippen LogP contribution in [0.1, 0.15) is 21.5 Å². The summed E-state index contributed by atoms with van der Waals surface area (Å²) in [5.41, 5.74) is 1.67. The fourth-order valence-corrected chi connectivity index (χ4v) is 3.69. The van der Waals surface area contributed by atoms with Gasteiger partial charge in [0.15, 0.2) is 0 Å². The number of carbonyl (C=O) groups is 1. The summed E-state index contributed by atoms with van der Waals surface area (Å²) >= 11 is 0. The molecule has 0 aliphatic carbocycles. The zero-order chi connectivity index (χ0) is 20.9. The Labute approximate surface area is 170 Å². The van der Waals surface area contributed by atoms with Gasteiger partial charge in [0.25, 0.3) is 0 Å². The summed E-state index contributed by atoms with van der Waals surface area (Å²) in [4.78, 5) is 12.2. The van der Waals surface area contributed by atoms with Crippen LogP contribution in [0.15, 0.2) is 77.7 Å². The van der Waals surface area contributed by atoms with Gasteiger partial charge in [-0.15, -0.1) is 0 Å². The van der Waals surface area contributed by atoms with E-state index in [1.54, 1.807) is 42.5 Å². The Balaban J connectivity index is 1.86. The molecule has 3 aromatic rings. The van der Waals surface area contributed by atoms with Gasteiger partial charge in [-0.3, -0.25) is 0 Å². The SMILES string of the molecule is COC(=O)c1ccc(Oc2ccccc2)cc1CNS(=O)(=O)c1ccc(C)cc1. The van der Waals surface area contributed by atoms with Crippen LogP contribution in [-0.2, 0) is 21.3 Å². The molecule has 7 heteroatoms. The van der Waals surface area contributed by atoms with Crippen LogP contribution in [0, 0.1) is 6.92 Å². The van der Waals surface area contributed by atoms with Crippen LogP contribution in [-0.4, -0.2) is 21.5 Å². The third-order valence-corrected chi connectivity index (χ3v) is 5.66. The standard InChI is InChI=1S/C22H21NO5S/c1-16-8-11-20(12-9-16)29(25,26)23-15-17-14-19(10-13-21(17)22(24)27-2)28-18-6-4-3-5-7-18/h3-14,23H,15H2,1-2H3. The number of sulfonamides is 1. The summed E-state index contributed by atoms with van der Waals surface area (Å²) in [6.07, 6.45) is 0. The lowest BCUT2D eigenvalue weighted by atomic mass is 10.1. The average molecular weight is 411 g/mol. The molecule has 0 saturated carbocycles. The molecule has 0 aromatic heterocycles. The maximum absolute atomic E-state index is 12.6. The fourth-order valence-electron chi connectivity index (χ4n) is 2.69. The lowest BCUT2D eigenvalue weighted by Crippen LogP contribution is -2.24. The molecular formula is C22H21NO5S. The van der Waals surface area contributed by atoms with Gasteiger partial charge in [-0.25, -0.2) is 17.9 Å². The number of rotatable bonds is 7. The summed E-state index contributed by atoms with van der Waals surface area (Å²) in [5, 5.41) is 0. The molecular weight excluding hydrogens is 390 g/mol. The summed E-state index contributed by atoms with van der Waals surface area (Å²) in [6.45, 7) is 1.79. The molecule has 0 unspecified atom stereocenters. The minimum Gasteiger partial charge on any atom is -0.465 e. The van der Waals surface area contributed by atoms with E-state index in [2.05, 4.69) is 4.72 Å². The highest BCUT2D eigenvalue weighted by molar-refractivity contribution is 7.89. The zero-order valence-corrected chi connectivity index (χ0v) is 16.9. The molecule has 0 spiro atoms. The third kappa shape index (κ3) is 5.22. The summed E-state index contributed by atoms with van der Waals surface area (Å²) in [6, 6.07) is 20.5. The van der Waals surface area contributed by atoms with Crippen molar-refractivity contribution in [3.63, 3.8) is 0 Å². The van der Waals surface area contributed by atoms with Crippen LogP contribution >= 0.6 is 0 Å². The van der Waals surface area contributed by atoms with Crippen molar-refractivity contribution in [3.05, 3.63) is 89.5 Å². The Morgan fingerprint density at radius 2 is 1.62 bits per heavy atom. The van der Waals surface area contributed by atoms with E-state index in [9.17, 15) is 13.2 Å². The summed E-state index contributed by atoms with van der Waals surface area (Å²) in [5.74, 6) is 0.554. The molecule has 0 aliphatic heterocycles. The Bertz CT molecular complexity index is 1090.